The summed E-state index contributed by atoms with van der Waals surface area (Å²) in [7, 11) is 1.59. The topological polar surface area (TPSA) is 126 Å². The van der Waals surface area contributed by atoms with Crippen LogP contribution in [0.15, 0.2) is 73.2 Å². The third-order valence-electron chi connectivity index (χ3n) is 10.7. The van der Waals surface area contributed by atoms with Crippen LogP contribution in [0.25, 0.3) is 0 Å². The Bertz CT molecular complexity index is 1930. The first-order valence-electron chi connectivity index (χ1n) is 18.1. The lowest BCUT2D eigenvalue weighted by Crippen LogP contribution is -2.53. The van der Waals surface area contributed by atoms with Crippen molar-refractivity contribution >= 4 is 41.1 Å². The van der Waals surface area contributed by atoms with Gasteiger partial charge in [-0.15, -0.1) is 0 Å². The molecule has 1 saturated carbocycles. The lowest BCUT2D eigenvalue weighted by molar-refractivity contribution is -0.904. The molecular formula is C40H43Cl2N4O7+. The van der Waals surface area contributed by atoms with Gasteiger partial charge in [-0.25, -0.2) is 14.6 Å². The Morgan fingerprint density at radius 3 is 2.40 bits per heavy atom. The van der Waals surface area contributed by atoms with E-state index in [9.17, 15) is 19.9 Å². The van der Waals surface area contributed by atoms with Gasteiger partial charge in [-0.2, -0.15) is 0 Å². The van der Waals surface area contributed by atoms with E-state index in [2.05, 4.69) is 9.88 Å². The quantitative estimate of drug-likeness (QED) is 0.111. The van der Waals surface area contributed by atoms with Crippen molar-refractivity contribution in [1.82, 2.24) is 9.88 Å². The molecule has 1 amide bonds. The van der Waals surface area contributed by atoms with Gasteiger partial charge in [0.2, 0.25) is 12.4 Å². The molecule has 2 aromatic carbocycles. The third-order valence-corrected chi connectivity index (χ3v) is 11.4. The van der Waals surface area contributed by atoms with Crippen molar-refractivity contribution < 1.29 is 38.8 Å². The normalized spacial score (nSPS) is 20.2. The number of carboxylic acid groups (broad SMARTS) is 1. The fourth-order valence-electron chi connectivity index (χ4n) is 7.90. The summed E-state index contributed by atoms with van der Waals surface area (Å²) in [5, 5.41) is 21.1. The van der Waals surface area contributed by atoms with Crippen molar-refractivity contribution in [3.8, 4) is 11.5 Å². The van der Waals surface area contributed by atoms with Crippen LogP contribution in [0.1, 0.15) is 77.1 Å². The molecule has 3 saturated heterocycles. The van der Waals surface area contributed by atoms with Gasteiger partial charge in [-0.1, -0.05) is 47.5 Å². The number of carbonyl (C=O) groups excluding carboxylic acids is 1. The first kappa shape index (κ1) is 36.8. The fraction of sp³-hybridized carbons (Fsp3) is 0.400. The number of piperidine rings is 3. The number of hydrogen-bond donors (Lipinski definition) is 2. The van der Waals surface area contributed by atoms with E-state index in [0.29, 0.717) is 46.5 Å². The number of nitrogens with zero attached hydrogens (tertiary/aromatic N) is 4. The number of ether oxygens (including phenoxy) is 3. The Balaban J connectivity index is 1.29. The number of halogens is 2. The largest absolute Gasteiger partial charge is 0.493 e. The third kappa shape index (κ3) is 8.32. The standard InChI is InChI=1S/C40H42Cl2N4O7/c1-51-35-12-10-27(19-36(35)52-28-6-2-3-7-28)30(20-32-33(41)22-45(50)23-34(32)42)31-18-25(9-11-29(31)39(47)48)21-46(38-8-4-5-15-43-38)40(49)53-37-24-44-16-13-26(37)14-17-44/h4-5,8-12,15,18-19,22-23,26,28,30,37H,2-3,6-7,13-14,16-17,20-21,24H2,1H3,(H-,47,48,50)/p+1/t30-,37-/m0/s1. The second-order valence-corrected chi connectivity index (χ2v) is 14.9. The average molecular weight is 763 g/mol. The Morgan fingerprint density at radius 1 is 1.00 bits per heavy atom. The molecule has 2 aromatic heterocycles. The Hall–Kier alpha value is -4.58. The molecule has 0 radical (unpaired) electrons. The number of fused-ring (bicyclic) bond motifs is 3. The molecule has 1 aliphatic carbocycles. The second kappa shape index (κ2) is 16.2. The Labute approximate surface area is 318 Å². The molecule has 8 rings (SSSR count). The first-order valence-corrected chi connectivity index (χ1v) is 18.8. The van der Waals surface area contributed by atoms with Crippen LogP contribution in [0.4, 0.5) is 10.6 Å². The summed E-state index contributed by atoms with van der Waals surface area (Å²) in [6.45, 7) is 2.82. The van der Waals surface area contributed by atoms with Gasteiger partial charge < -0.3 is 19.3 Å². The highest BCUT2D eigenvalue weighted by atomic mass is 35.5. The zero-order valence-electron chi connectivity index (χ0n) is 29.5. The van der Waals surface area contributed by atoms with E-state index >= 15 is 0 Å². The molecule has 5 heterocycles. The average Bonchev–Trinajstić information content (AvgIpc) is 3.67. The Kier molecular flexibility index (Phi) is 11.2. The van der Waals surface area contributed by atoms with Crippen molar-refractivity contribution in [3.05, 3.63) is 111 Å². The van der Waals surface area contributed by atoms with Gasteiger partial charge in [0.25, 0.3) is 0 Å². The molecule has 53 heavy (non-hydrogen) atoms. The van der Waals surface area contributed by atoms with Gasteiger partial charge >= 0.3 is 12.1 Å². The maximum Gasteiger partial charge on any atom is 0.416 e. The van der Waals surface area contributed by atoms with E-state index in [0.717, 1.165) is 61.9 Å². The molecular weight excluding hydrogens is 719 g/mol. The summed E-state index contributed by atoms with van der Waals surface area (Å²) in [6, 6.07) is 16.0. The predicted molar refractivity (Wildman–Crippen MR) is 199 cm³/mol. The van der Waals surface area contributed by atoms with Crippen LogP contribution in [0.5, 0.6) is 11.5 Å². The van der Waals surface area contributed by atoms with Crippen molar-refractivity contribution in [2.45, 2.75) is 69.6 Å². The van der Waals surface area contributed by atoms with Gasteiger partial charge in [0.05, 0.1) is 25.3 Å². The molecule has 13 heteroatoms. The molecule has 2 atom stereocenters. The molecule has 2 N–H and O–H groups in total. The summed E-state index contributed by atoms with van der Waals surface area (Å²) in [4.78, 5) is 35.2. The number of anilines is 1. The lowest BCUT2D eigenvalue weighted by atomic mass is 9.82. The van der Waals surface area contributed by atoms with Crippen LogP contribution in [0.2, 0.25) is 10.0 Å². The van der Waals surface area contributed by atoms with Crippen LogP contribution in [0, 0.1) is 5.92 Å². The summed E-state index contributed by atoms with van der Waals surface area (Å²) in [5.74, 6) is 0.143. The van der Waals surface area contributed by atoms with E-state index < -0.39 is 18.0 Å². The van der Waals surface area contributed by atoms with Crippen LogP contribution >= 0.6 is 23.2 Å². The van der Waals surface area contributed by atoms with Crippen LogP contribution in [-0.4, -0.2) is 71.2 Å². The smallest absolute Gasteiger partial charge is 0.416 e. The fourth-order valence-corrected chi connectivity index (χ4v) is 8.51. The minimum Gasteiger partial charge on any atom is -0.493 e. The van der Waals surface area contributed by atoms with Gasteiger partial charge in [-0.05, 0) is 111 Å². The van der Waals surface area contributed by atoms with Crippen molar-refractivity contribution in [2.75, 3.05) is 31.6 Å². The summed E-state index contributed by atoms with van der Waals surface area (Å²) in [5.41, 5.74) is 2.49. The van der Waals surface area contributed by atoms with Crippen LogP contribution < -0.4 is 19.1 Å². The SMILES string of the molecule is COc1ccc([C@H](Cc2c(Cl)c[n+](O)cc2Cl)c2cc(CN(C(=O)O[C@H]3CN4CCC3CC4)c3ccccn3)ccc2C(=O)O)cc1OC1CCCC1. The van der Waals surface area contributed by atoms with Gasteiger partial charge in [0, 0.05) is 29.0 Å². The summed E-state index contributed by atoms with van der Waals surface area (Å²) >= 11 is 13.3. The second-order valence-electron chi connectivity index (χ2n) is 14.1. The monoisotopic (exact) mass is 761 g/mol. The molecule has 2 bridgehead atoms. The number of hydrogen-bond acceptors (Lipinski definition) is 8. The molecule has 278 valence electrons. The molecule has 4 aromatic rings. The molecule has 3 aliphatic heterocycles. The van der Waals surface area contributed by atoms with Crippen molar-refractivity contribution in [2.24, 2.45) is 5.92 Å². The van der Waals surface area contributed by atoms with Crippen LogP contribution in [0.3, 0.4) is 0 Å². The number of benzene rings is 2. The van der Waals surface area contributed by atoms with E-state index in [4.69, 9.17) is 37.4 Å². The molecule has 4 aliphatic rings. The van der Waals surface area contributed by atoms with E-state index in [-0.39, 0.29) is 40.8 Å². The molecule has 11 nitrogen and oxygen atoms in total. The van der Waals surface area contributed by atoms with E-state index in [1.165, 1.54) is 17.3 Å². The number of aromatic carboxylic acids is 1. The van der Waals surface area contributed by atoms with Crippen molar-refractivity contribution in [3.63, 3.8) is 0 Å². The maximum atomic E-state index is 14.0. The molecule has 0 spiro atoms. The van der Waals surface area contributed by atoms with Gasteiger partial charge in [0.1, 0.15) is 22.0 Å². The summed E-state index contributed by atoms with van der Waals surface area (Å²) < 4.78 is 19.1. The zero-order chi connectivity index (χ0) is 37.1. The van der Waals surface area contributed by atoms with Gasteiger partial charge in [0.15, 0.2) is 11.5 Å². The highest BCUT2D eigenvalue weighted by molar-refractivity contribution is 6.35. The highest BCUT2D eigenvalue weighted by Crippen LogP contribution is 2.40. The van der Waals surface area contributed by atoms with Gasteiger partial charge in [-0.3, -0.25) is 15.0 Å². The number of methoxy groups -OCH3 is 1. The Morgan fingerprint density at radius 2 is 1.75 bits per heavy atom. The maximum absolute atomic E-state index is 14.0. The predicted octanol–water partition coefficient (Wildman–Crippen LogP) is 7.55. The first-order chi connectivity index (χ1) is 25.7. The highest BCUT2D eigenvalue weighted by Gasteiger charge is 2.38. The molecule has 0 unspecified atom stereocenters. The number of carboxylic acids is 1. The lowest BCUT2D eigenvalue weighted by Gasteiger charge is -2.44. The van der Waals surface area contributed by atoms with E-state index in [1.54, 1.807) is 37.6 Å². The van der Waals surface area contributed by atoms with Crippen molar-refractivity contribution in [1.29, 1.82) is 0 Å². The number of rotatable bonds is 12. The number of amides is 1. The number of pyridine rings is 2. The van der Waals surface area contributed by atoms with Crippen LogP contribution in [-0.2, 0) is 17.7 Å². The number of aromatic nitrogens is 2. The minimum atomic E-state index is -1.12. The minimum absolute atomic E-state index is 0.0480. The number of carbonyl (C=O) groups is 2. The van der Waals surface area contributed by atoms with E-state index in [1.807, 2.05) is 30.3 Å². The molecule has 4 fully saturated rings. The zero-order valence-corrected chi connectivity index (χ0v) is 31.0. The summed E-state index contributed by atoms with van der Waals surface area (Å²) in [6.07, 6.45) is 9.85.